The van der Waals surface area contributed by atoms with Gasteiger partial charge in [0.2, 0.25) is 0 Å². The average molecular weight is 268 g/mol. The van der Waals surface area contributed by atoms with Gasteiger partial charge in [-0.2, -0.15) is 0 Å². The number of unbranched alkanes of at least 4 members (excludes halogenated alkanes) is 1. The lowest BCUT2D eigenvalue weighted by atomic mass is 10.1. The molecule has 0 aliphatic rings. The van der Waals surface area contributed by atoms with Gasteiger partial charge in [0.15, 0.2) is 0 Å². The molecule has 6 heteroatoms. The molecule has 0 amide bonds. The van der Waals surface area contributed by atoms with Crippen LogP contribution in [0.3, 0.4) is 0 Å². The molecule has 0 rings (SSSR count). The highest BCUT2D eigenvalue weighted by Gasteiger charge is 2.27. The summed E-state index contributed by atoms with van der Waals surface area (Å²) in [6.45, 7) is 6.17. The molecule has 0 saturated heterocycles. The summed E-state index contributed by atoms with van der Waals surface area (Å²) < 4.78 is 10.8. The number of hydrogen-bond donors (Lipinski definition) is 3. The first-order chi connectivity index (χ1) is 7.79. The first kappa shape index (κ1) is 19.0. The Balaban J connectivity index is 0. The van der Waals surface area contributed by atoms with Gasteiger partial charge in [-0.3, -0.25) is 9.36 Å². The van der Waals surface area contributed by atoms with E-state index in [0.29, 0.717) is 12.8 Å². The molecule has 0 saturated carbocycles. The minimum absolute atomic E-state index is 0.0491. The molecule has 0 aromatic rings. The van der Waals surface area contributed by atoms with Gasteiger partial charge >= 0.3 is 13.6 Å². The van der Waals surface area contributed by atoms with Gasteiger partial charge in [0.05, 0.1) is 5.66 Å². The van der Waals surface area contributed by atoms with Crippen molar-refractivity contribution < 1.29 is 24.3 Å². The summed E-state index contributed by atoms with van der Waals surface area (Å²) in [7, 11) is -4.11. The van der Waals surface area contributed by atoms with Crippen molar-refractivity contribution in [3.05, 3.63) is 0 Å². The number of aliphatic carboxylic acids is 1. The largest absolute Gasteiger partial charge is 0.481 e. The lowest BCUT2D eigenvalue weighted by Crippen LogP contribution is -2.10. The van der Waals surface area contributed by atoms with Crippen LogP contribution >= 0.6 is 7.60 Å². The van der Waals surface area contributed by atoms with Crippen LogP contribution in [0.4, 0.5) is 0 Å². The second kappa shape index (κ2) is 10.8. The van der Waals surface area contributed by atoms with Crippen molar-refractivity contribution in [1.82, 2.24) is 0 Å². The van der Waals surface area contributed by atoms with Gasteiger partial charge in [0.25, 0.3) is 0 Å². The highest BCUT2D eigenvalue weighted by molar-refractivity contribution is 7.52. The molecule has 0 aromatic heterocycles. The van der Waals surface area contributed by atoms with E-state index < -0.39 is 19.2 Å². The number of hydrogen-bond acceptors (Lipinski definition) is 2. The Bertz CT molecular complexity index is 234. The van der Waals surface area contributed by atoms with E-state index in [2.05, 4.69) is 13.8 Å². The first-order valence-corrected chi connectivity index (χ1v) is 7.74. The van der Waals surface area contributed by atoms with Crippen LogP contribution in [0.5, 0.6) is 0 Å². The highest BCUT2D eigenvalue weighted by atomic mass is 31.2. The van der Waals surface area contributed by atoms with Crippen molar-refractivity contribution >= 4 is 13.6 Å². The Labute approximate surface area is 103 Å². The van der Waals surface area contributed by atoms with E-state index in [9.17, 15) is 9.36 Å². The SMILES string of the molecule is CCCC.CCCC(CCC(=O)O)P(=O)(O)O. The highest BCUT2D eigenvalue weighted by Crippen LogP contribution is 2.45. The maximum absolute atomic E-state index is 10.8. The number of carboxylic acids is 1. The van der Waals surface area contributed by atoms with Crippen molar-refractivity contribution in [2.75, 3.05) is 0 Å². The van der Waals surface area contributed by atoms with Crippen molar-refractivity contribution in [2.45, 2.75) is 65.0 Å². The van der Waals surface area contributed by atoms with Gasteiger partial charge < -0.3 is 14.9 Å². The van der Waals surface area contributed by atoms with E-state index in [1.807, 2.05) is 6.92 Å². The molecular formula is C11H25O5P. The predicted molar refractivity (Wildman–Crippen MR) is 68.2 cm³/mol. The zero-order chi connectivity index (χ0) is 13.9. The molecular weight excluding hydrogens is 243 g/mol. The maximum atomic E-state index is 10.8. The summed E-state index contributed by atoms with van der Waals surface area (Å²) in [6, 6.07) is 0. The third-order valence-corrected chi connectivity index (χ3v) is 3.76. The summed E-state index contributed by atoms with van der Waals surface area (Å²) >= 11 is 0. The first-order valence-electron chi connectivity index (χ1n) is 6.06. The van der Waals surface area contributed by atoms with Crippen LogP contribution in [-0.2, 0) is 9.36 Å². The van der Waals surface area contributed by atoms with Crippen LogP contribution < -0.4 is 0 Å². The van der Waals surface area contributed by atoms with E-state index in [1.165, 1.54) is 12.8 Å². The second-order valence-electron chi connectivity index (χ2n) is 3.96. The Morgan fingerprint density at radius 2 is 1.53 bits per heavy atom. The van der Waals surface area contributed by atoms with Crippen molar-refractivity contribution in [2.24, 2.45) is 0 Å². The summed E-state index contributed by atoms with van der Waals surface area (Å²) in [6.07, 6.45) is 3.52. The lowest BCUT2D eigenvalue weighted by molar-refractivity contribution is -0.137. The van der Waals surface area contributed by atoms with E-state index >= 15 is 0 Å². The number of rotatable bonds is 7. The zero-order valence-electron chi connectivity index (χ0n) is 10.9. The minimum atomic E-state index is -4.11. The van der Waals surface area contributed by atoms with Gasteiger partial charge in [-0.05, 0) is 12.8 Å². The van der Waals surface area contributed by atoms with Crippen molar-refractivity contribution in [3.63, 3.8) is 0 Å². The molecule has 0 aliphatic heterocycles. The quantitative estimate of drug-likeness (QED) is 0.617. The van der Waals surface area contributed by atoms with E-state index in [0.717, 1.165) is 0 Å². The summed E-state index contributed by atoms with van der Waals surface area (Å²) in [4.78, 5) is 27.9. The van der Waals surface area contributed by atoms with Crippen LogP contribution in [0.2, 0.25) is 0 Å². The van der Waals surface area contributed by atoms with Gasteiger partial charge in [0.1, 0.15) is 0 Å². The van der Waals surface area contributed by atoms with Gasteiger partial charge in [-0.1, -0.05) is 40.0 Å². The number of carboxylic acid groups (broad SMARTS) is 1. The molecule has 3 N–H and O–H groups in total. The summed E-state index contributed by atoms with van der Waals surface area (Å²) in [5.74, 6) is -1.02. The van der Waals surface area contributed by atoms with Gasteiger partial charge in [-0.15, -0.1) is 0 Å². The van der Waals surface area contributed by atoms with Crippen LogP contribution in [0.1, 0.15) is 59.3 Å². The monoisotopic (exact) mass is 268 g/mol. The van der Waals surface area contributed by atoms with Gasteiger partial charge in [-0.25, -0.2) is 0 Å². The normalized spacial score (nSPS) is 12.5. The van der Waals surface area contributed by atoms with E-state index in [-0.39, 0.29) is 12.8 Å². The fourth-order valence-corrected chi connectivity index (χ4v) is 2.16. The predicted octanol–water partition coefficient (Wildman–Crippen LogP) is 3.00. The van der Waals surface area contributed by atoms with Crippen LogP contribution in [0.15, 0.2) is 0 Å². The summed E-state index contributed by atoms with van der Waals surface area (Å²) in [5, 5.41) is 8.34. The van der Waals surface area contributed by atoms with Crippen LogP contribution in [0, 0.1) is 0 Å². The van der Waals surface area contributed by atoms with E-state index in [4.69, 9.17) is 14.9 Å². The Hall–Kier alpha value is -0.380. The molecule has 0 aliphatic carbocycles. The fourth-order valence-electron chi connectivity index (χ4n) is 1.10. The molecule has 0 fully saturated rings. The van der Waals surface area contributed by atoms with Crippen LogP contribution in [0.25, 0.3) is 0 Å². The molecule has 17 heavy (non-hydrogen) atoms. The van der Waals surface area contributed by atoms with Crippen LogP contribution in [-0.4, -0.2) is 26.5 Å². The van der Waals surface area contributed by atoms with E-state index in [1.54, 1.807) is 0 Å². The Morgan fingerprint density at radius 1 is 1.06 bits per heavy atom. The topological polar surface area (TPSA) is 94.8 Å². The standard InChI is InChI=1S/C7H15O5P.C4H10/c1-2-3-6(13(10,11)12)4-5-7(8)9;1-3-4-2/h6H,2-5H2,1H3,(H,8,9)(H2,10,11,12);3-4H2,1-2H3. The van der Waals surface area contributed by atoms with Crippen molar-refractivity contribution in [1.29, 1.82) is 0 Å². The molecule has 0 aromatic carbocycles. The fraction of sp³-hybridized carbons (Fsp3) is 0.909. The molecule has 1 unspecified atom stereocenters. The Kier molecular flexibility index (Phi) is 12.0. The lowest BCUT2D eigenvalue weighted by Gasteiger charge is -2.16. The molecule has 0 bridgehead atoms. The zero-order valence-corrected chi connectivity index (χ0v) is 11.8. The van der Waals surface area contributed by atoms with Crippen molar-refractivity contribution in [3.8, 4) is 0 Å². The molecule has 0 spiro atoms. The second-order valence-corrected chi connectivity index (χ2v) is 5.87. The molecule has 0 heterocycles. The molecule has 5 nitrogen and oxygen atoms in total. The smallest absolute Gasteiger partial charge is 0.328 e. The minimum Gasteiger partial charge on any atom is -0.481 e. The third-order valence-electron chi connectivity index (χ3n) is 2.29. The summed E-state index contributed by atoms with van der Waals surface area (Å²) in [5.41, 5.74) is -0.798. The number of carbonyl (C=O) groups is 1. The maximum Gasteiger partial charge on any atom is 0.328 e. The molecule has 0 radical (unpaired) electrons. The Morgan fingerprint density at radius 3 is 1.76 bits per heavy atom. The van der Waals surface area contributed by atoms with Gasteiger partial charge in [0, 0.05) is 6.42 Å². The third kappa shape index (κ3) is 13.6. The molecule has 104 valence electrons. The average Bonchev–Trinajstić information content (AvgIpc) is 2.22. The molecule has 1 atom stereocenters.